The van der Waals surface area contributed by atoms with Crippen LogP contribution in [0.2, 0.25) is 0 Å². The maximum Gasteiger partial charge on any atom is 0.341 e. The van der Waals surface area contributed by atoms with Crippen LogP contribution < -0.4 is 4.74 Å². The molecule has 1 heterocycles. The number of pyridine rings is 1. The standard InChI is InChI=1S/C15H14N2O3/c1-9(8-16)20-15(18)13-6-11-4-5-12(19-3)7-14(11)17-10(13)2/h4-7,9H,1-3H3. The summed E-state index contributed by atoms with van der Waals surface area (Å²) in [7, 11) is 1.59. The van der Waals surface area contributed by atoms with Gasteiger partial charge in [0, 0.05) is 11.5 Å². The molecule has 0 bridgehead atoms. The quantitative estimate of drug-likeness (QED) is 0.802. The lowest BCUT2D eigenvalue weighted by atomic mass is 10.1. The van der Waals surface area contributed by atoms with Gasteiger partial charge in [-0.2, -0.15) is 5.26 Å². The lowest BCUT2D eigenvalue weighted by molar-refractivity contribution is 0.0434. The maximum atomic E-state index is 12.0. The highest BCUT2D eigenvalue weighted by atomic mass is 16.5. The first-order chi connectivity index (χ1) is 9.55. The van der Waals surface area contributed by atoms with E-state index in [1.807, 2.05) is 12.1 Å². The van der Waals surface area contributed by atoms with Gasteiger partial charge in [0.25, 0.3) is 0 Å². The van der Waals surface area contributed by atoms with Gasteiger partial charge < -0.3 is 9.47 Å². The molecule has 2 rings (SSSR count). The van der Waals surface area contributed by atoms with E-state index < -0.39 is 12.1 Å². The van der Waals surface area contributed by atoms with Gasteiger partial charge in [0.15, 0.2) is 6.10 Å². The number of rotatable bonds is 3. The Morgan fingerprint density at radius 2 is 2.15 bits per heavy atom. The molecule has 5 heteroatoms. The van der Waals surface area contributed by atoms with Crippen LogP contribution in [-0.4, -0.2) is 24.2 Å². The molecule has 0 aliphatic carbocycles. The van der Waals surface area contributed by atoms with Crippen LogP contribution in [0.3, 0.4) is 0 Å². The zero-order valence-electron chi connectivity index (χ0n) is 11.5. The van der Waals surface area contributed by atoms with E-state index in [-0.39, 0.29) is 0 Å². The number of hydrogen-bond acceptors (Lipinski definition) is 5. The Balaban J connectivity index is 2.43. The fourth-order valence-corrected chi connectivity index (χ4v) is 1.83. The van der Waals surface area contributed by atoms with Crippen molar-refractivity contribution in [2.75, 3.05) is 7.11 Å². The first kappa shape index (κ1) is 13.8. The Kier molecular flexibility index (Phi) is 3.85. The molecular formula is C15H14N2O3. The molecule has 0 saturated heterocycles. The van der Waals surface area contributed by atoms with Crippen molar-refractivity contribution < 1.29 is 14.3 Å². The Morgan fingerprint density at radius 1 is 1.40 bits per heavy atom. The summed E-state index contributed by atoms with van der Waals surface area (Å²) in [6.07, 6.45) is -0.784. The van der Waals surface area contributed by atoms with Crippen LogP contribution in [0.15, 0.2) is 24.3 Å². The van der Waals surface area contributed by atoms with Crippen LogP contribution in [0.25, 0.3) is 10.9 Å². The van der Waals surface area contributed by atoms with Crippen LogP contribution in [-0.2, 0) is 4.74 Å². The van der Waals surface area contributed by atoms with Gasteiger partial charge >= 0.3 is 5.97 Å². The summed E-state index contributed by atoms with van der Waals surface area (Å²) in [6, 6.07) is 8.99. The number of aryl methyl sites for hydroxylation is 1. The molecule has 1 unspecified atom stereocenters. The average Bonchev–Trinajstić information content (AvgIpc) is 2.45. The van der Waals surface area contributed by atoms with Gasteiger partial charge in [-0.1, -0.05) is 0 Å². The van der Waals surface area contributed by atoms with E-state index in [1.54, 1.807) is 32.2 Å². The first-order valence-corrected chi connectivity index (χ1v) is 6.11. The topological polar surface area (TPSA) is 72.2 Å². The molecule has 1 aromatic carbocycles. The molecular weight excluding hydrogens is 256 g/mol. The zero-order valence-corrected chi connectivity index (χ0v) is 11.5. The van der Waals surface area contributed by atoms with Crippen LogP contribution in [0.1, 0.15) is 23.0 Å². The van der Waals surface area contributed by atoms with E-state index in [1.165, 1.54) is 6.92 Å². The second-order valence-electron chi connectivity index (χ2n) is 4.36. The number of nitrogens with zero attached hydrogens (tertiary/aromatic N) is 2. The number of ether oxygens (including phenoxy) is 2. The minimum Gasteiger partial charge on any atom is -0.497 e. The summed E-state index contributed by atoms with van der Waals surface area (Å²) < 4.78 is 10.1. The van der Waals surface area contributed by atoms with Gasteiger partial charge in [0.2, 0.25) is 0 Å². The summed E-state index contributed by atoms with van der Waals surface area (Å²) in [4.78, 5) is 16.3. The Hall–Kier alpha value is -2.61. The second kappa shape index (κ2) is 5.57. The molecule has 0 aliphatic heterocycles. The summed E-state index contributed by atoms with van der Waals surface area (Å²) in [5.41, 5.74) is 1.66. The van der Waals surface area contributed by atoms with Crippen LogP contribution >= 0.6 is 0 Å². The van der Waals surface area contributed by atoms with Crippen molar-refractivity contribution in [3.05, 3.63) is 35.5 Å². The SMILES string of the molecule is COc1ccc2cc(C(=O)OC(C)C#N)c(C)nc2c1. The van der Waals surface area contributed by atoms with Crippen LogP contribution in [0.5, 0.6) is 5.75 Å². The third-order valence-electron chi connectivity index (χ3n) is 2.90. The first-order valence-electron chi connectivity index (χ1n) is 6.11. The monoisotopic (exact) mass is 270 g/mol. The minimum atomic E-state index is -0.784. The van der Waals surface area contributed by atoms with Gasteiger partial charge in [0.1, 0.15) is 11.8 Å². The number of methoxy groups -OCH3 is 1. The molecule has 1 aromatic heterocycles. The highest BCUT2D eigenvalue weighted by Gasteiger charge is 2.16. The van der Waals surface area contributed by atoms with E-state index >= 15 is 0 Å². The van der Waals surface area contributed by atoms with Crippen molar-refractivity contribution in [3.63, 3.8) is 0 Å². The largest absolute Gasteiger partial charge is 0.497 e. The number of carbonyl (C=O) groups excluding carboxylic acids is 1. The van der Waals surface area contributed by atoms with Crippen molar-refractivity contribution in [1.29, 1.82) is 5.26 Å². The zero-order chi connectivity index (χ0) is 14.7. The van der Waals surface area contributed by atoms with Gasteiger partial charge in [-0.05, 0) is 32.0 Å². The molecule has 0 fully saturated rings. The molecule has 0 spiro atoms. The summed E-state index contributed by atoms with van der Waals surface area (Å²) in [5, 5.41) is 9.49. The molecule has 0 amide bonds. The number of fused-ring (bicyclic) bond motifs is 1. The number of benzene rings is 1. The third kappa shape index (κ3) is 2.69. The number of nitriles is 1. The number of aromatic nitrogens is 1. The van der Waals surface area contributed by atoms with Crippen molar-refractivity contribution >= 4 is 16.9 Å². The maximum absolute atomic E-state index is 12.0. The smallest absolute Gasteiger partial charge is 0.341 e. The van der Waals surface area contributed by atoms with Crippen molar-refractivity contribution in [3.8, 4) is 11.8 Å². The summed E-state index contributed by atoms with van der Waals surface area (Å²) in [6.45, 7) is 3.25. The normalized spacial score (nSPS) is 11.7. The molecule has 2 aromatic rings. The Morgan fingerprint density at radius 3 is 2.80 bits per heavy atom. The predicted molar refractivity (Wildman–Crippen MR) is 73.5 cm³/mol. The summed E-state index contributed by atoms with van der Waals surface area (Å²) in [5.74, 6) is 0.166. The van der Waals surface area contributed by atoms with Gasteiger partial charge in [-0.25, -0.2) is 4.79 Å². The molecule has 1 atom stereocenters. The number of hydrogen-bond donors (Lipinski definition) is 0. The second-order valence-corrected chi connectivity index (χ2v) is 4.36. The molecule has 0 aliphatic rings. The van der Waals surface area contributed by atoms with Crippen molar-refractivity contribution in [2.45, 2.75) is 20.0 Å². The molecule has 5 nitrogen and oxygen atoms in total. The van der Waals surface area contributed by atoms with Gasteiger partial charge in [-0.15, -0.1) is 0 Å². The van der Waals surface area contributed by atoms with Gasteiger partial charge in [0.05, 0.1) is 23.9 Å². The molecule has 0 radical (unpaired) electrons. The average molecular weight is 270 g/mol. The predicted octanol–water partition coefficient (Wildman–Crippen LogP) is 2.62. The van der Waals surface area contributed by atoms with E-state index in [9.17, 15) is 4.79 Å². The molecule has 0 N–H and O–H groups in total. The number of esters is 1. The highest BCUT2D eigenvalue weighted by molar-refractivity contribution is 5.95. The third-order valence-corrected chi connectivity index (χ3v) is 2.90. The Bertz CT molecular complexity index is 704. The molecule has 102 valence electrons. The Labute approximate surface area is 116 Å². The van der Waals surface area contributed by atoms with E-state index in [0.717, 1.165) is 10.9 Å². The van der Waals surface area contributed by atoms with E-state index in [2.05, 4.69) is 4.98 Å². The lowest BCUT2D eigenvalue weighted by Crippen LogP contribution is -2.14. The van der Waals surface area contributed by atoms with Crippen molar-refractivity contribution in [1.82, 2.24) is 4.98 Å². The van der Waals surface area contributed by atoms with Crippen LogP contribution in [0, 0.1) is 18.3 Å². The van der Waals surface area contributed by atoms with E-state index in [4.69, 9.17) is 14.7 Å². The fourth-order valence-electron chi connectivity index (χ4n) is 1.83. The van der Waals surface area contributed by atoms with Crippen molar-refractivity contribution in [2.24, 2.45) is 0 Å². The van der Waals surface area contributed by atoms with E-state index in [0.29, 0.717) is 17.0 Å². The highest BCUT2D eigenvalue weighted by Crippen LogP contribution is 2.22. The number of carbonyl (C=O) groups is 1. The minimum absolute atomic E-state index is 0.366. The lowest BCUT2D eigenvalue weighted by Gasteiger charge is -2.09. The fraction of sp³-hybridized carbons (Fsp3) is 0.267. The van der Waals surface area contributed by atoms with Crippen LogP contribution in [0.4, 0.5) is 0 Å². The van der Waals surface area contributed by atoms with Gasteiger partial charge in [-0.3, -0.25) is 4.98 Å². The molecule has 0 saturated carbocycles. The summed E-state index contributed by atoms with van der Waals surface area (Å²) >= 11 is 0. The molecule has 20 heavy (non-hydrogen) atoms.